The van der Waals surface area contributed by atoms with Gasteiger partial charge in [-0.1, -0.05) is 6.07 Å². The highest BCUT2D eigenvalue weighted by molar-refractivity contribution is 5.88. The Morgan fingerprint density at radius 3 is 2.40 bits per heavy atom. The Balaban J connectivity index is 2.41. The van der Waals surface area contributed by atoms with Crippen molar-refractivity contribution in [1.29, 1.82) is 0 Å². The fraction of sp³-hybridized carbons (Fsp3) is 0.133. The Morgan fingerprint density at radius 2 is 1.80 bits per heavy atom. The van der Waals surface area contributed by atoms with Crippen LogP contribution in [0.5, 0.6) is 0 Å². The van der Waals surface area contributed by atoms with E-state index in [4.69, 9.17) is 5.11 Å². The predicted molar refractivity (Wildman–Crippen MR) is 72.5 cm³/mol. The highest BCUT2D eigenvalue weighted by Gasteiger charge is 2.13. The van der Waals surface area contributed by atoms with Crippen molar-refractivity contribution >= 4 is 17.3 Å². The van der Waals surface area contributed by atoms with Crippen molar-refractivity contribution in [1.82, 2.24) is 0 Å². The molecule has 0 radical (unpaired) electrons. The molecule has 0 spiro atoms. The molecule has 0 aliphatic rings. The van der Waals surface area contributed by atoms with Gasteiger partial charge in [-0.15, -0.1) is 0 Å². The Morgan fingerprint density at radius 1 is 1.10 bits per heavy atom. The fourth-order valence-corrected chi connectivity index (χ4v) is 1.84. The molecule has 0 aromatic heterocycles. The molecule has 2 rings (SSSR count). The number of hydrogen-bond donors (Lipinski definition) is 2. The van der Waals surface area contributed by atoms with Crippen molar-refractivity contribution in [3.8, 4) is 0 Å². The zero-order valence-corrected chi connectivity index (χ0v) is 11.0. The summed E-state index contributed by atoms with van der Waals surface area (Å²) in [6, 6.07) is 6.84. The number of halogens is 2. The second-order valence-electron chi connectivity index (χ2n) is 4.51. The van der Waals surface area contributed by atoms with Crippen molar-refractivity contribution in [3.63, 3.8) is 0 Å². The molecule has 2 aromatic rings. The number of hydrogen-bond acceptors (Lipinski definition) is 2. The largest absolute Gasteiger partial charge is 0.478 e. The van der Waals surface area contributed by atoms with Gasteiger partial charge in [0, 0.05) is 5.69 Å². The highest BCUT2D eigenvalue weighted by Crippen LogP contribution is 2.27. The zero-order chi connectivity index (χ0) is 14.9. The fourth-order valence-electron chi connectivity index (χ4n) is 1.84. The number of rotatable bonds is 3. The molecule has 0 saturated carbocycles. The Hall–Kier alpha value is -2.43. The van der Waals surface area contributed by atoms with E-state index in [2.05, 4.69) is 5.32 Å². The van der Waals surface area contributed by atoms with Gasteiger partial charge in [0.1, 0.15) is 11.5 Å². The van der Waals surface area contributed by atoms with E-state index in [0.717, 1.165) is 0 Å². The summed E-state index contributed by atoms with van der Waals surface area (Å²) in [5, 5.41) is 11.5. The minimum absolute atomic E-state index is 0.123. The lowest BCUT2D eigenvalue weighted by Gasteiger charge is -2.13. The van der Waals surface area contributed by atoms with E-state index in [1.165, 1.54) is 30.3 Å². The van der Waals surface area contributed by atoms with Gasteiger partial charge in [0.15, 0.2) is 5.82 Å². The molecule has 2 aromatic carbocycles. The van der Waals surface area contributed by atoms with Gasteiger partial charge in [0.2, 0.25) is 0 Å². The van der Waals surface area contributed by atoms with E-state index in [9.17, 15) is 13.6 Å². The lowest BCUT2D eigenvalue weighted by atomic mass is 10.1. The number of carbonyl (C=O) groups is 1. The Labute approximate surface area is 114 Å². The Bertz CT molecular complexity index is 684. The van der Waals surface area contributed by atoms with Gasteiger partial charge < -0.3 is 10.4 Å². The number of aryl methyl sites for hydroxylation is 2. The average Bonchev–Trinajstić information content (AvgIpc) is 2.40. The molecule has 104 valence electrons. The number of aromatic carboxylic acids is 1. The van der Waals surface area contributed by atoms with E-state index < -0.39 is 17.6 Å². The summed E-state index contributed by atoms with van der Waals surface area (Å²) >= 11 is 0. The van der Waals surface area contributed by atoms with Crippen LogP contribution < -0.4 is 5.32 Å². The molecule has 3 nitrogen and oxygen atoms in total. The molecule has 20 heavy (non-hydrogen) atoms. The van der Waals surface area contributed by atoms with Crippen LogP contribution in [0, 0.1) is 25.5 Å². The molecule has 0 aliphatic heterocycles. The van der Waals surface area contributed by atoms with E-state index in [1.807, 2.05) is 0 Å². The maximum Gasteiger partial charge on any atom is 0.335 e. The maximum atomic E-state index is 13.9. The molecule has 0 atom stereocenters. The summed E-state index contributed by atoms with van der Waals surface area (Å²) in [4.78, 5) is 10.8. The molecule has 5 heteroatoms. The van der Waals surface area contributed by atoms with E-state index >= 15 is 0 Å². The molecular weight excluding hydrogens is 264 g/mol. The van der Waals surface area contributed by atoms with Crippen LogP contribution in [0.15, 0.2) is 30.3 Å². The van der Waals surface area contributed by atoms with Crippen LogP contribution in [0.1, 0.15) is 21.5 Å². The lowest BCUT2D eigenvalue weighted by Crippen LogP contribution is -2.02. The van der Waals surface area contributed by atoms with Crippen molar-refractivity contribution in [2.24, 2.45) is 0 Å². The summed E-state index contributed by atoms with van der Waals surface area (Å²) < 4.78 is 27.5. The molecular formula is C15H13F2NO2. The Kier molecular flexibility index (Phi) is 3.70. The second-order valence-corrected chi connectivity index (χ2v) is 4.51. The van der Waals surface area contributed by atoms with Crippen LogP contribution in [0.4, 0.5) is 20.2 Å². The quantitative estimate of drug-likeness (QED) is 0.890. The number of nitrogens with one attached hydrogen (secondary N) is 1. The first-order valence-electron chi connectivity index (χ1n) is 5.95. The first kappa shape index (κ1) is 14.0. The molecule has 0 bridgehead atoms. The van der Waals surface area contributed by atoms with E-state index in [1.54, 1.807) is 13.8 Å². The van der Waals surface area contributed by atoms with Gasteiger partial charge in [-0.3, -0.25) is 0 Å². The lowest BCUT2D eigenvalue weighted by molar-refractivity contribution is 0.0697. The average molecular weight is 277 g/mol. The van der Waals surface area contributed by atoms with E-state index in [-0.39, 0.29) is 11.3 Å². The van der Waals surface area contributed by atoms with Crippen LogP contribution in [0.25, 0.3) is 0 Å². The number of carboxylic acid groups (broad SMARTS) is 1. The summed E-state index contributed by atoms with van der Waals surface area (Å²) in [5.74, 6) is -2.41. The van der Waals surface area contributed by atoms with Crippen molar-refractivity contribution in [3.05, 3.63) is 58.7 Å². The third-order valence-corrected chi connectivity index (χ3v) is 3.02. The first-order valence-corrected chi connectivity index (χ1v) is 5.95. The van der Waals surface area contributed by atoms with Crippen molar-refractivity contribution in [2.75, 3.05) is 5.32 Å². The zero-order valence-electron chi connectivity index (χ0n) is 11.0. The molecule has 2 N–H and O–H groups in total. The third-order valence-electron chi connectivity index (χ3n) is 3.02. The molecule has 0 amide bonds. The minimum Gasteiger partial charge on any atom is -0.478 e. The number of carboxylic acids is 1. The maximum absolute atomic E-state index is 13.9. The van der Waals surface area contributed by atoms with Crippen molar-refractivity contribution < 1.29 is 18.7 Å². The van der Waals surface area contributed by atoms with E-state index in [0.29, 0.717) is 16.8 Å². The highest BCUT2D eigenvalue weighted by atomic mass is 19.1. The summed E-state index contributed by atoms with van der Waals surface area (Å²) in [6.45, 7) is 3.21. The van der Waals surface area contributed by atoms with Gasteiger partial charge in [0.05, 0.1) is 5.56 Å². The van der Waals surface area contributed by atoms with Crippen LogP contribution in [-0.2, 0) is 0 Å². The number of anilines is 2. The van der Waals surface area contributed by atoms with Crippen LogP contribution >= 0.6 is 0 Å². The molecule has 0 fully saturated rings. The van der Waals surface area contributed by atoms with Crippen LogP contribution in [-0.4, -0.2) is 11.1 Å². The number of benzene rings is 2. The second kappa shape index (κ2) is 5.28. The van der Waals surface area contributed by atoms with Gasteiger partial charge in [-0.2, -0.15) is 0 Å². The van der Waals surface area contributed by atoms with Gasteiger partial charge >= 0.3 is 5.97 Å². The van der Waals surface area contributed by atoms with Crippen LogP contribution in [0.3, 0.4) is 0 Å². The first-order chi connectivity index (χ1) is 9.40. The molecule has 0 unspecified atom stereocenters. The van der Waals surface area contributed by atoms with Crippen molar-refractivity contribution in [2.45, 2.75) is 13.8 Å². The normalized spacial score (nSPS) is 10.4. The smallest absolute Gasteiger partial charge is 0.335 e. The summed E-state index contributed by atoms with van der Waals surface area (Å²) in [7, 11) is 0. The molecule has 0 saturated heterocycles. The summed E-state index contributed by atoms with van der Waals surface area (Å²) in [5.41, 5.74) is 1.26. The van der Waals surface area contributed by atoms with Crippen LogP contribution in [0.2, 0.25) is 0 Å². The van der Waals surface area contributed by atoms with Gasteiger partial charge in [-0.25, -0.2) is 13.6 Å². The molecule has 0 aliphatic carbocycles. The van der Waals surface area contributed by atoms with Gasteiger partial charge in [0.25, 0.3) is 0 Å². The SMILES string of the molecule is Cc1cc(C(=O)O)ccc1Nc1c(F)ccc(C)c1F. The topological polar surface area (TPSA) is 49.3 Å². The minimum atomic E-state index is -1.05. The predicted octanol–water partition coefficient (Wildman–Crippen LogP) is 4.02. The van der Waals surface area contributed by atoms with Gasteiger partial charge in [-0.05, 0) is 49.2 Å². The monoisotopic (exact) mass is 277 g/mol. The third kappa shape index (κ3) is 2.61. The standard InChI is InChI=1S/C15H13F2NO2/c1-8-3-5-11(16)14(13(8)17)18-12-6-4-10(15(19)20)7-9(12)2/h3-7,18H,1-2H3,(H,19,20). The molecule has 0 heterocycles. The summed E-state index contributed by atoms with van der Waals surface area (Å²) in [6.07, 6.45) is 0.